The third-order valence-corrected chi connectivity index (χ3v) is 4.34. The summed E-state index contributed by atoms with van der Waals surface area (Å²) >= 11 is 5.92. The molecule has 0 heterocycles. The van der Waals surface area contributed by atoms with E-state index in [4.69, 9.17) is 22.1 Å². The van der Waals surface area contributed by atoms with Crippen LogP contribution in [0.2, 0.25) is 5.02 Å². The number of azo groups is 1. The first-order valence-electron chi connectivity index (χ1n) is 9.04. The van der Waals surface area contributed by atoms with Crippen molar-refractivity contribution in [1.82, 2.24) is 0 Å². The molecule has 0 atom stereocenters. The molecule has 0 spiro atoms. The topological polar surface area (TPSA) is 119 Å². The summed E-state index contributed by atoms with van der Waals surface area (Å²) in [6.07, 6.45) is 0. The van der Waals surface area contributed by atoms with Gasteiger partial charge in [-0.15, -0.1) is 5.11 Å². The van der Waals surface area contributed by atoms with Gasteiger partial charge in [0.05, 0.1) is 6.54 Å². The molecule has 9 nitrogen and oxygen atoms in total. The van der Waals surface area contributed by atoms with E-state index in [0.29, 0.717) is 17.4 Å². The van der Waals surface area contributed by atoms with Crippen LogP contribution in [0.5, 0.6) is 5.75 Å². The van der Waals surface area contributed by atoms with E-state index in [1.165, 1.54) is 0 Å². The van der Waals surface area contributed by atoms with E-state index in [2.05, 4.69) is 34.1 Å². The second kappa shape index (κ2) is 11.0. The molecule has 2 aromatic carbocycles. The summed E-state index contributed by atoms with van der Waals surface area (Å²) in [5.74, 6) is 0.131. The highest BCUT2D eigenvalue weighted by Crippen LogP contribution is 2.27. The van der Waals surface area contributed by atoms with Crippen LogP contribution >= 0.6 is 11.6 Å². The summed E-state index contributed by atoms with van der Waals surface area (Å²) in [4.78, 5) is 12.5. The Morgan fingerprint density at radius 1 is 1.21 bits per heavy atom. The highest BCUT2D eigenvalue weighted by molar-refractivity contribution is 6.30. The molecule has 10 heteroatoms. The Kier molecular flexibility index (Phi) is 8.35. The minimum Gasteiger partial charge on any atom is -0.488 e. The van der Waals surface area contributed by atoms with Crippen LogP contribution in [0.1, 0.15) is 25.0 Å². The van der Waals surface area contributed by atoms with Crippen molar-refractivity contribution in [1.29, 1.82) is 0 Å². The molecule has 2 N–H and O–H groups in total. The van der Waals surface area contributed by atoms with Crippen molar-refractivity contribution in [2.24, 2.45) is 21.1 Å². The van der Waals surface area contributed by atoms with Crippen molar-refractivity contribution < 1.29 is 9.77 Å². The average Bonchev–Trinajstić information content (AvgIpc) is 2.69. The van der Waals surface area contributed by atoms with Crippen LogP contribution in [0, 0.1) is 10.1 Å². The predicted octanol–water partition coefficient (Wildman–Crippen LogP) is 4.22. The maximum Gasteiger partial charge on any atom is 0.310 e. The fraction of sp³-hybridized carbons (Fsp3) is 0.316. The van der Waals surface area contributed by atoms with Gasteiger partial charge < -0.3 is 15.4 Å². The van der Waals surface area contributed by atoms with E-state index < -0.39 is 11.0 Å². The van der Waals surface area contributed by atoms with Crippen molar-refractivity contribution in [2.75, 3.05) is 18.0 Å². The Morgan fingerprint density at radius 2 is 1.90 bits per heavy atom. The van der Waals surface area contributed by atoms with E-state index in [-0.39, 0.29) is 6.54 Å². The quantitative estimate of drug-likeness (QED) is 0.215. The van der Waals surface area contributed by atoms with Gasteiger partial charge in [-0.05, 0) is 37.6 Å². The number of ether oxygens (including phenoxy) is 1. The van der Waals surface area contributed by atoms with Crippen LogP contribution in [-0.4, -0.2) is 24.1 Å². The van der Waals surface area contributed by atoms with Gasteiger partial charge in [0.25, 0.3) is 0 Å². The number of guanidine groups is 1. The van der Waals surface area contributed by atoms with Gasteiger partial charge in [-0.2, -0.15) is 5.11 Å². The van der Waals surface area contributed by atoms with E-state index in [9.17, 15) is 10.1 Å². The third kappa shape index (κ3) is 7.04. The summed E-state index contributed by atoms with van der Waals surface area (Å²) in [6.45, 7) is 6.38. The smallest absolute Gasteiger partial charge is 0.310 e. The van der Waals surface area contributed by atoms with Gasteiger partial charge in [-0.3, -0.25) is 0 Å². The molecule has 2 rings (SSSR count). The number of anilines is 1. The number of benzene rings is 2. The number of nitrogens with zero attached hydrogens (tertiary/aromatic N) is 5. The molecule has 0 aliphatic heterocycles. The normalized spacial score (nSPS) is 11.6. The van der Waals surface area contributed by atoms with Crippen LogP contribution in [-0.2, 0) is 13.2 Å². The number of nitrogens with two attached hydrogens (primary N) is 1. The summed E-state index contributed by atoms with van der Waals surface area (Å²) in [7, 11) is 0. The van der Waals surface area contributed by atoms with E-state index in [0.717, 1.165) is 29.9 Å². The molecule has 0 aromatic heterocycles. The zero-order valence-corrected chi connectivity index (χ0v) is 17.0. The van der Waals surface area contributed by atoms with Gasteiger partial charge in [-0.25, -0.2) is 10.1 Å². The van der Waals surface area contributed by atoms with Crippen molar-refractivity contribution >= 4 is 23.2 Å². The fourth-order valence-electron chi connectivity index (χ4n) is 2.62. The van der Waals surface area contributed by atoms with Crippen molar-refractivity contribution in [3.05, 3.63) is 68.7 Å². The highest BCUT2D eigenvalue weighted by Gasteiger charge is 2.10. The van der Waals surface area contributed by atoms with Gasteiger partial charge in [0.15, 0.2) is 5.03 Å². The van der Waals surface area contributed by atoms with Crippen LogP contribution in [0.15, 0.2) is 57.8 Å². The number of hydrogen-bond acceptors (Lipinski definition) is 5. The average molecular weight is 419 g/mol. The lowest BCUT2D eigenvalue weighted by Crippen LogP contribution is -2.21. The monoisotopic (exact) mass is 418 g/mol. The Hall–Kier alpha value is -3.20. The molecule has 29 heavy (non-hydrogen) atoms. The molecule has 0 saturated carbocycles. The van der Waals surface area contributed by atoms with Gasteiger partial charge in [0, 0.05) is 35.4 Å². The van der Waals surface area contributed by atoms with Crippen molar-refractivity contribution in [3.63, 3.8) is 0 Å². The first-order chi connectivity index (χ1) is 13.9. The van der Waals surface area contributed by atoms with E-state index in [1.807, 2.05) is 30.3 Å². The standard InChI is InChI=1S/C19H23ClN6O3/c1-3-25(4-2)17-10-7-15(12-22-23-19(21)24-26(27)28)18(11-17)29-13-14-5-8-16(20)9-6-14/h5-11H,3-4,12-13H2,1-2H3,(H2,21,24). The second-order valence-corrected chi connectivity index (χ2v) is 6.41. The van der Waals surface area contributed by atoms with Gasteiger partial charge >= 0.3 is 5.96 Å². The lowest BCUT2D eigenvalue weighted by atomic mass is 10.1. The number of nitro groups is 1. The Morgan fingerprint density at radius 3 is 2.52 bits per heavy atom. The van der Waals surface area contributed by atoms with Crippen LogP contribution in [0.3, 0.4) is 0 Å². The lowest BCUT2D eigenvalue weighted by Gasteiger charge is -2.22. The summed E-state index contributed by atoms with van der Waals surface area (Å²) in [6, 6.07) is 13.2. The molecule has 0 bridgehead atoms. The first-order valence-corrected chi connectivity index (χ1v) is 9.41. The first kappa shape index (κ1) is 22.1. The maximum atomic E-state index is 10.3. The molecule has 0 aliphatic rings. The SMILES string of the molecule is CCN(CC)c1ccc(CN=NC(N)=N[N+](=O)[O-])c(OCc2ccc(Cl)cc2)c1. The van der Waals surface area contributed by atoms with E-state index >= 15 is 0 Å². The lowest BCUT2D eigenvalue weighted by molar-refractivity contribution is -0.485. The van der Waals surface area contributed by atoms with Crippen LogP contribution in [0.25, 0.3) is 0 Å². The van der Waals surface area contributed by atoms with Crippen molar-refractivity contribution in [3.8, 4) is 5.75 Å². The van der Waals surface area contributed by atoms with Gasteiger partial charge in [0.2, 0.25) is 0 Å². The molecule has 2 aromatic rings. The van der Waals surface area contributed by atoms with Crippen molar-refractivity contribution in [2.45, 2.75) is 27.0 Å². The molecular weight excluding hydrogens is 396 g/mol. The number of hydrazone groups is 1. The molecule has 0 unspecified atom stereocenters. The molecule has 154 valence electrons. The molecule has 0 radical (unpaired) electrons. The summed E-state index contributed by atoms with van der Waals surface area (Å²) in [5.41, 5.74) is 8.09. The zero-order valence-electron chi connectivity index (χ0n) is 16.3. The fourth-order valence-corrected chi connectivity index (χ4v) is 2.75. The molecule has 0 fully saturated rings. The predicted molar refractivity (Wildman–Crippen MR) is 113 cm³/mol. The molecular formula is C19H23ClN6O3. The van der Waals surface area contributed by atoms with Crippen LogP contribution < -0.4 is 15.4 Å². The van der Waals surface area contributed by atoms with Gasteiger partial charge in [-0.1, -0.05) is 29.8 Å². The summed E-state index contributed by atoms with van der Waals surface area (Å²) < 4.78 is 6.02. The molecule has 0 saturated heterocycles. The third-order valence-electron chi connectivity index (χ3n) is 4.09. The maximum absolute atomic E-state index is 10.3. The molecule has 0 aliphatic carbocycles. The second-order valence-electron chi connectivity index (χ2n) is 5.98. The van der Waals surface area contributed by atoms with E-state index in [1.54, 1.807) is 12.1 Å². The highest BCUT2D eigenvalue weighted by atomic mass is 35.5. The van der Waals surface area contributed by atoms with Crippen LogP contribution in [0.4, 0.5) is 5.69 Å². The summed E-state index contributed by atoms with van der Waals surface area (Å²) in [5, 5.41) is 20.4. The number of halogens is 1. The minimum absolute atomic E-state index is 0.141. The molecule has 0 amide bonds. The Bertz CT molecular complexity index is 882. The Balaban J connectivity index is 2.22. The largest absolute Gasteiger partial charge is 0.488 e. The number of hydrogen-bond donors (Lipinski definition) is 1. The Labute approximate surface area is 174 Å². The van der Waals surface area contributed by atoms with Gasteiger partial charge in [0.1, 0.15) is 17.5 Å². The number of rotatable bonds is 9. The zero-order chi connectivity index (χ0) is 21.2. The minimum atomic E-state index is -0.923.